The van der Waals surface area contributed by atoms with Crippen LogP contribution in [0.2, 0.25) is 0 Å². The molecular formula is C25H26N2O5. The van der Waals surface area contributed by atoms with Crippen molar-refractivity contribution in [3.8, 4) is 17.2 Å². The Kier molecular flexibility index (Phi) is 6.16. The number of Topliss-reactive ketones (excluding diaryl/α,β-unsaturated/α-hetero) is 1. The van der Waals surface area contributed by atoms with E-state index in [9.17, 15) is 9.59 Å². The number of fused-ring (bicyclic) bond motifs is 1. The second kappa shape index (κ2) is 9.18. The van der Waals surface area contributed by atoms with Crippen molar-refractivity contribution in [2.45, 2.75) is 33.4 Å². The average Bonchev–Trinajstić information content (AvgIpc) is 3.06. The van der Waals surface area contributed by atoms with Crippen molar-refractivity contribution >= 4 is 17.4 Å². The van der Waals surface area contributed by atoms with Crippen molar-refractivity contribution in [3.05, 3.63) is 71.5 Å². The Hall–Kier alpha value is -3.74. The maximum absolute atomic E-state index is 12.9. The third-order valence-corrected chi connectivity index (χ3v) is 5.38. The first-order chi connectivity index (χ1) is 15.4. The summed E-state index contributed by atoms with van der Waals surface area (Å²) in [5, 5.41) is 2.71. The molecule has 0 spiro atoms. The highest BCUT2D eigenvalue weighted by molar-refractivity contribution is 5.99. The molecule has 3 aromatic rings. The fourth-order valence-electron chi connectivity index (χ4n) is 3.83. The Morgan fingerprint density at radius 2 is 1.81 bits per heavy atom. The molecule has 2 heterocycles. The lowest BCUT2D eigenvalue weighted by molar-refractivity contribution is -0.114. The minimum absolute atomic E-state index is 0.128. The van der Waals surface area contributed by atoms with E-state index >= 15 is 0 Å². The van der Waals surface area contributed by atoms with E-state index in [0.29, 0.717) is 30.2 Å². The standard InChI is InChI=1S/C25H26N2O5/c1-16-12-20(22(29)15-31-23-9-5-4-8-21(23)26-18(3)28)17(2)27(16)13-19-14-30-24-10-6-7-11-25(24)32-19/h4-12,19H,13-15H2,1-3H3,(H,26,28)/t19-/m0/s1. The van der Waals surface area contributed by atoms with Crippen molar-refractivity contribution in [1.29, 1.82) is 0 Å². The van der Waals surface area contributed by atoms with E-state index in [1.807, 2.05) is 44.2 Å². The van der Waals surface area contributed by atoms with Gasteiger partial charge in [0, 0.05) is 23.9 Å². The number of ketones is 1. The number of hydrogen-bond acceptors (Lipinski definition) is 5. The molecular weight excluding hydrogens is 408 g/mol. The van der Waals surface area contributed by atoms with Gasteiger partial charge in [-0.1, -0.05) is 24.3 Å². The van der Waals surface area contributed by atoms with E-state index in [2.05, 4.69) is 9.88 Å². The lowest BCUT2D eigenvalue weighted by atomic mass is 10.1. The summed E-state index contributed by atoms with van der Waals surface area (Å²) in [6.45, 7) is 6.21. The highest BCUT2D eigenvalue weighted by Crippen LogP contribution is 2.32. The van der Waals surface area contributed by atoms with Gasteiger partial charge < -0.3 is 24.1 Å². The SMILES string of the molecule is CC(=O)Nc1ccccc1OCC(=O)c1cc(C)n(C[C@H]2COc3ccccc3O2)c1C. The molecule has 0 fully saturated rings. The summed E-state index contributed by atoms with van der Waals surface area (Å²) in [6.07, 6.45) is -0.154. The van der Waals surface area contributed by atoms with E-state index in [1.54, 1.807) is 24.3 Å². The molecule has 1 amide bonds. The number of hydrogen-bond donors (Lipinski definition) is 1. The minimum Gasteiger partial charge on any atom is -0.486 e. The van der Waals surface area contributed by atoms with Gasteiger partial charge in [0.25, 0.3) is 0 Å². The Bertz CT molecular complexity index is 1150. The minimum atomic E-state index is -0.201. The quantitative estimate of drug-likeness (QED) is 0.565. The largest absolute Gasteiger partial charge is 0.486 e. The van der Waals surface area contributed by atoms with Gasteiger partial charge in [0.2, 0.25) is 11.7 Å². The van der Waals surface area contributed by atoms with Crippen LogP contribution >= 0.6 is 0 Å². The third-order valence-electron chi connectivity index (χ3n) is 5.38. The first kappa shape index (κ1) is 21.5. The van der Waals surface area contributed by atoms with Crippen LogP contribution in [-0.2, 0) is 11.3 Å². The van der Waals surface area contributed by atoms with Crippen LogP contribution in [0, 0.1) is 13.8 Å². The molecule has 0 aliphatic carbocycles. The van der Waals surface area contributed by atoms with Gasteiger partial charge in [-0.3, -0.25) is 9.59 Å². The van der Waals surface area contributed by atoms with E-state index in [-0.39, 0.29) is 24.4 Å². The average molecular weight is 434 g/mol. The molecule has 4 rings (SSSR count). The summed E-state index contributed by atoms with van der Waals surface area (Å²) in [6, 6.07) is 16.5. The first-order valence-corrected chi connectivity index (χ1v) is 10.5. The van der Waals surface area contributed by atoms with Crippen LogP contribution in [0.15, 0.2) is 54.6 Å². The van der Waals surface area contributed by atoms with E-state index in [0.717, 1.165) is 22.9 Å². The number of nitrogens with zero attached hydrogens (tertiary/aromatic N) is 1. The van der Waals surface area contributed by atoms with Gasteiger partial charge in [0.05, 0.1) is 12.2 Å². The maximum atomic E-state index is 12.9. The summed E-state index contributed by atoms with van der Waals surface area (Å²) in [5.41, 5.74) is 2.96. The van der Waals surface area contributed by atoms with Gasteiger partial charge in [0.15, 0.2) is 24.2 Å². The van der Waals surface area contributed by atoms with Gasteiger partial charge in [-0.2, -0.15) is 0 Å². The second-order valence-corrected chi connectivity index (χ2v) is 7.78. The van der Waals surface area contributed by atoms with Crippen LogP contribution in [0.1, 0.15) is 28.7 Å². The van der Waals surface area contributed by atoms with Gasteiger partial charge in [-0.05, 0) is 44.2 Å². The number of carbonyl (C=O) groups excluding carboxylic acids is 2. The molecule has 166 valence electrons. The third kappa shape index (κ3) is 4.61. The van der Waals surface area contributed by atoms with Crippen molar-refractivity contribution in [2.75, 3.05) is 18.5 Å². The van der Waals surface area contributed by atoms with Crippen molar-refractivity contribution < 1.29 is 23.8 Å². The molecule has 32 heavy (non-hydrogen) atoms. The molecule has 1 aliphatic heterocycles. The van der Waals surface area contributed by atoms with Crippen molar-refractivity contribution in [3.63, 3.8) is 0 Å². The van der Waals surface area contributed by atoms with Crippen molar-refractivity contribution in [1.82, 2.24) is 4.57 Å². The topological polar surface area (TPSA) is 78.8 Å². The number of para-hydroxylation sites is 4. The van der Waals surface area contributed by atoms with Crippen LogP contribution in [0.3, 0.4) is 0 Å². The van der Waals surface area contributed by atoms with Gasteiger partial charge in [-0.25, -0.2) is 0 Å². The van der Waals surface area contributed by atoms with Crippen molar-refractivity contribution in [2.24, 2.45) is 0 Å². The van der Waals surface area contributed by atoms with E-state index in [4.69, 9.17) is 14.2 Å². The van der Waals surface area contributed by atoms with Crippen LogP contribution in [0.4, 0.5) is 5.69 Å². The second-order valence-electron chi connectivity index (χ2n) is 7.78. The zero-order valence-electron chi connectivity index (χ0n) is 18.4. The summed E-state index contributed by atoms with van der Waals surface area (Å²) in [7, 11) is 0. The van der Waals surface area contributed by atoms with Crippen LogP contribution < -0.4 is 19.5 Å². The van der Waals surface area contributed by atoms with Gasteiger partial charge in [-0.15, -0.1) is 0 Å². The number of anilines is 1. The Morgan fingerprint density at radius 1 is 1.09 bits per heavy atom. The molecule has 0 bridgehead atoms. The Balaban J connectivity index is 1.44. The molecule has 7 heteroatoms. The fourth-order valence-corrected chi connectivity index (χ4v) is 3.83. The molecule has 0 saturated heterocycles. The van der Waals surface area contributed by atoms with Crippen LogP contribution in [0.5, 0.6) is 17.2 Å². The highest BCUT2D eigenvalue weighted by Gasteiger charge is 2.24. The number of amides is 1. The number of benzene rings is 2. The zero-order chi connectivity index (χ0) is 22.7. The predicted octanol–water partition coefficient (Wildman–Crippen LogP) is 4.17. The first-order valence-electron chi connectivity index (χ1n) is 10.5. The van der Waals surface area contributed by atoms with Crippen LogP contribution in [0.25, 0.3) is 0 Å². The van der Waals surface area contributed by atoms with Crippen LogP contribution in [-0.4, -0.2) is 35.6 Å². The number of carbonyl (C=O) groups is 2. The molecule has 2 aromatic carbocycles. The fraction of sp³-hybridized carbons (Fsp3) is 0.280. The normalized spacial score (nSPS) is 14.7. The van der Waals surface area contributed by atoms with E-state index < -0.39 is 0 Å². The zero-order valence-corrected chi connectivity index (χ0v) is 18.4. The number of nitrogens with one attached hydrogen (secondary N) is 1. The predicted molar refractivity (Wildman–Crippen MR) is 121 cm³/mol. The molecule has 7 nitrogen and oxygen atoms in total. The molecule has 1 aromatic heterocycles. The molecule has 1 atom stereocenters. The molecule has 1 N–H and O–H groups in total. The molecule has 0 unspecified atom stereocenters. The Morgan fingerprint density at radius 3 is 2.59 bits per heavy atom. The monoisotopic (exact) mass is 434 g/mol. The highest BCUT2D eigenvalue weighted by atomic mass is 16.6. The molecule has 0 radical (unpaired) electrons. The summed E-state index contributed by atoms with van der Waals surface area (Å²) in [4.78, 5) is 24.3. The Labute approximate surface area is 186 Å². The van der Waals surface area contributed by atoms with E-state index in [1.165, 1.54) is 6.92 Å². The summed E-state index contributed by atoms with van der Waals surface area (Å²) in [5.74, 6) is 1.60. The smallest absolute Gasteiger partial charge is 0.221 e. The number of rotatable bonds is 7. The number of ether oxygens (including phenoxy) is 3. The lowest BCUT2D eigenvalue weighted by Crippen LogP contribution is -2.33. The summed E-state index contributed by atoms with van der Waals surface area (Å²) >= 11 is 0. The lowest BCUT2D eigenvalue weighted by Gasteiger charge is -2.27. The van der Waals surface area contributed by atoms with Gasteiger partial charge in [0.1, 0.15) is 12.4 Å². The summed E-state index contributed by atoms with van der Waals surface area (Å²) < 4.78 is 19.7. The molecule has 1 aliphatic rings. The maximum Gasteiger partial charge on any atom is 0.221 e. The molecule has 0 saturated carbocycles. The number of aryl methyl sites for hydroxylation is 1. The number of aromatic nitrogens is 1. The van der Waals surface area contributed by atoms with Gasteiger partial charge >= 0.3 is 0 Å².